The lowest BCUT2D eigenvalue weighted by Gasteiger charge is -2.31. The molecule has 0 aromatic heterocycles. The van der Waals surface area contributed by atoms with Crippen molar-refractivity contribution in [1.29, 1.82) is 0 Å². The van der Waals surface area contributed by atoms with Crippen LogP contribution in [0.4, 0.5) is 35.0 Å². The second-order valence-electron chi connectivity index (χ2n) is 6.71. The number of ether oxygens (including phenoxy) is 2. The van der Waals surface area contributed by atoms with Gasteiger partial charge in [-0.05, 0) is 43.3 Å². The van der Waals surface area contributed by atoms with Crippen LogP contribution in [0.25, 0.3) is 0 Å². The second kappa shape index (κ2) is 9.69. The minimum Gasteiger partial charge on any atom is -0.450 e. The Kier molecular flexibility index (Phi) is 7.01. The highest BCUT2D eigenvalue weighted by atomic mass is 19.4. The average molecular weight is 437 g/mol. The largest absolute Gasteiger partial charge is 0.450 e. The predicted molar refractivity (Wildman–Crippen MR) is 110 cm³/mol. The van der Waals surface area contributed by atoms with E-state index in [1.807, 2.05) is 4.90 Å². The van der Waals surface area contributed by atoms with Gasteiger partial charge in [0.05, 0.1) is 36.8 Å². The van der Waals surface area contributed by atoms with Crippen LogP contribution in [0.2, 0.25) is 0 Å². The Labute approximate surface area is 177 Å². The first-order valence-corrected chi connectivity index (χ1v) is 9.67. The summed E-state index contributed by atoms with van der Waals surface area (Å²) in [5.41, 5.74) is 0.150. The summed E-state index contributed by atoms with van der Waals surface area (Å²) in [5, 5.41) is 5.06. The molecule has 0 bridgehead atoms. The SMILES string of the molecule is CCOC(=O)Nc1cccc(C(=O)Nc2cc(C(F)(F)F)ccc2N2CCOCC2)c1. The van der Waals surface area contributed by atoms with Crippen molar-refractivity contribution in [3.05, 3.63) is 53.6 Å². The molecule has 166 valence electrons. The number of carbonyl (C=O) groups excluding carboxylic acids is 2. The molecule has 0 spiro atoms. The molecule has 3 rings (SSSR count). The molecule has 2 aromatic rings. The highest BCUT2D eigenvalue weighted by molar-refractivity contribution is 6.06. The predicted octanol–water partition coefficient (Wildman–Crippen LogP) is 4.36. The van der Waals surface area contributed by atoms with E-state index in [-0.39, 0.29) is 17.9 Å². The number of rotatable bonds is 5. The number of alkyl halides is 3. The lowest BCUT2D eigenvalue weighted by atomic mass is 10.1. The molecule has 2 aromatic carbocycles. The van der Waals surface area contributed by atoms with Crippen LogP contribution in [0.15, 0.2) is 42.5 Å². The number of nitrogens with zero attached hydrogens (tertiary/aromatic N) is 1. The number of carbonyl (C=O) groups is 2. The fourth-order valence-electron chi connectivity index (χ4n) is 3.11. The van der Waals surface area contributed by atoms with Gasteiger partial charge in [0.25, 0.3) is 5.91 Å². The molecule has 2 amide bonds. The molecule has 1 saturated heterocycles. The van der Waals surface area contributed by atoms with Crippen LogP contribution >= 0.6 is 0 Å². The maximum absolute atomic E-state index is 13.2. The molecule has 10 heteroatoms. The summed E-state index contributed by atoms with van der Waals surface area (Å²) in [7, 11) is 0. The van der Waals surface area contributed by atoms with Gasteiger partial charge in [-0.1, -0.05) is 6.07 Å². The summed E-state index contributed by atoms with van der Waals surface area (Å²) < 4.78 is 49.8. The van der Waals surface area contributed by atoms with Crippen LogP contribution in [0.1, 0.15) is 22.8 Å². The fourth-order valence-corrected chi connectivity index (χ4v) is 3.11. The maximum Gasteiger partial charge on any atom is 0.416 e. The highest BCUT2D eigenvalue weighted by Crippen LogP contribution is 2.36. The van der Waals surface area contributed by atoms with Crippen LogP contribution in [-0.2, 0) is 15.7 Å². The number of halogens is 3. The number of nitrogens with one attached hydrogen (secondary N) is 2. The first-order chi connectivity index (χ1) is 14.8. The Morgan fingerprint density at radius 2 is 1.84 bits per heavy atom. The highest BCUT2D eigenvalue weighted by Gasteiger charge is 2.32. The molecule has 0 unspecified atom stereocenters. The number of benzene rings is 2. The molecule has 1 aliphatic heterocycles. The van der Waals surface area contributed by atoms with Gasteiger partial charge in [-0.15, -0.1) is 0 Å². The quantitative estimate of drug-likeness (QED) is 0.727. The van der Waals surface area contributed by atoms with E-state index < -0.39 is 23.7 Å². The van der Waals surface area contributed by atoms with Crippen molar-refractivity contribution in [3.63, 3.8) is 0 Å². The van der Waals surface area contributed by atoms with Crippen LogP contribution < -0.4 is 15.5 Å². The second-order valence-corrected chi connectivity index (χ2v) is 6.71. The Balaban J connectivity index is 1.86. The van der Waals surface area contributed by atoms with Gasteiger partial charge in [-0.2, -0.15) is 13.2 Å². The Morgan fingerprint density at radius 3 is 2.52 bits per heavy atom. The van der Waals surface area contributed by atoms with E-state index in [2.05, 4.69) is 10.6 Å². The summed E-state index contributed by atoms with van der Waals surface area (Å²) in [5.74, 6) is -0.610. The van der Waals surface area contributed by atoms with E-state index >= 15 is 0 Å². The molecule has 0 atom stereocenters. The van der Waals surface area contributed by atoms with Crippen molar-refractivity contribution in [1.82, 2.24) is 0 Å². The molecule has 0 aliphatic carbocycles. The Hall–Kier alpha value is -3.27. The topological polar surface area (TPSA) is 79.9 Å². The van der Waals surface area contributed by atoms with Gasteiger partial charge < -0.3 is 19.7 Å². The third-order valence-corrected chi connectivity index (χ3v) is 4.57. The van der Waals surface area contributed by atoms with Crippen LogP contribution in [-0.4, -0.2) is 44.9 Å². The van der Waals surface area contributed by atoms with Crippen LogP contribution in [0.3, 0.4) is 0 Å². The zero-order valence-corrected chi connectivity index (χ0v) is 16.8. The maximum atomic E-state index is 13.2. The minimum absolute atomic E-state index is 0.0467. The molecule has 7 nitrogen and oxygen atoms in total. The van der Waals surface area contributed by atoms with Gasteiger partial charge in [0.1, 0.15) is 0 Å². The molecular weight excluding hydrogens is 415 g/mol. The molecule has 1 aliphatic rings. The third kappa shape index (κ3) is 5.88. The van der Waals surface area contributed by atoms with Crippen molar-refractivity contribution in [3.8, 4) is 0 Å². The summed E-state index contributed by atoms with van der Waals surface area (Å²) in [6.07, 6.45) is -5.22. The normalized spacial score (nSPS) is 14.1. The van der Waals surface area contributed by atoms with Gasteiger partial charge in [0, 0.05) is 24.3 Å². The van der Waals surface area contributed by atoms with Gasteiger partial charge in [0.2, 0.25) is 0 Å². The molecular formula is C21H22F3N3O4. The first kappa shape index (κ1) is 22.4. The van der Waals surface area contributed by atoms with Crippen LogP contribution in [0, 0.1) is 0 Å². The van der Waals surface area contributed by atoms with Crippen molar-refractivity contribution in [2.24, 2.45) is 0 Å². The number of hydrogen-bond donors (Lipinski definition) is 2. The number of morpholine rings is 1. The van der Waals surface area contributed by atoms with Gasteiger partial charge in [-0.3, -0.25) is 10.1 Å². The van der Waals surface area contributed by atoms with E-state index in [0.717, 1.165) is 12.1 Å². The van der Waals surface area contributed by atoms with E-state index in [1.165, 1.54) is 18.2 Å². The number of amides is 2. The van der Waals surface area contributed by atoms with Gasteiger partial charge in [-0.25, -0.2) is 4.79 Å². The number of hydrogen-bond acceptors (Lipinski definition) is 5. The summed E-state index contributed by atoms with van der Waals surface area (Å²) in [6, 6.07) is 9.28. The molecule has 2 N–H and O–H groups in total. The molecule has 0 saturated carbocycles. The zero-order chi connectivity index (χ0) is 22.4. The van der Waals surface area contributed by atoms with Gasteiger partial charge in [0.15, 0.2) is 0 Å². The molecule has 1 heterocycles. The number of anilines is 3. The Bertz CT molecular complexity index is 944. The standard InChI is InChI=1S/C21H22F3N3O4/c1-2-31-20(29)25-16-5-3-4-14(12-16)19(28)26-17-13-15(21(22,23)24)6-7-18(17)27-8-10-30-11-9-27/h3-7,12-13H,2,8-11H2,1H3,(H,25,29)(H,26,28). The zero-order valence-electron chi connectivity index (χ0n) is 16.8. The van der Waals surface area contributed by atoms with E-state index in [4.69, 9.17) is 9.47 Å². The first-order valence-electron chi connectivity index (χ1n) is 9.67. The Morgan fingerprint density at radius 1 is 1.10 bits per heavy atom. The van der Waals surface area contributed by atoms with Crippen molar-refractivity contribution in [2.45, 2.75) is 13.1 Å². The monoisotopic (exact) mass is 437 g/mol. The summed E-state index contributed by atoms with van der Waals surface area (Å²) in [4.78, 5) is 26.2. The molecule has 31 heavy (non-hydrogen) atoms. The van der Waals surface area contributed by atoms with E-state index in [9.17, 15) is 22.8 Å². The average Bonchev–Trinajstić information content (AvgIpc) is 2.74. The van der Waals surface area contributed by atoms with Crippen molar-refractivity contribution >= 4 is 29.1 Å². The lowest BCUT2D eigenvalue weighted by molar-refractivity contribution is -0.137. The van der Waals surface area contributed by atoms with E-state index in [0.29, 0.717) is 37.7 Å². The van der Waals surface area contributed by atoms with Crippen molar-refractivity contribution < 1.29 is 32.2 Å². The smallest absolute Gasteiger partial charge is 0.416 e. The lowest BCUT2D eigenvalue weighted by Crippen LogP contribution is -2.36. The molecule has 1 fully saturated rings. The van der Waals surface area contributed by atoms with Crippen LogP contribution in [0.5, 0.6) is 0 Å². The van der Waals surface area contributed by atoms with E-state index in [1.54, 1.807) is 19.1 Å². The minimum atomic E-state index is -4.55. The fraction of sp³-hybridized carbons (Fsp3) is 0.333. The summed E-state index contributed by atoms with van der Waals surface area (Å²) in [6.45, 7) is 3.71. The van der Waals surface area contributed by atoms with Gasteiger partial charge >= 0.3 is 12.3 Å². The van der Waals surface area contributed by atoms with Crippen molar-refractivity contribution in [2.75, 3.05) is 48.4 Å². The summed E-state index contributed by atoms with van der Waals surface area (Å²) >= 11 is 0. The molecule has 0 radical (unpaired) electrons. The third-order valence-electron chi connectivity index (χ3n) is 4.57.